The van der Waals surface area contributed by atoms with Gasteiger partial charge in [0.2, 0.25) is 5.91 Å². The quantitative estimate of drug-likeness (QED) is 0.892. The summed E-state index contributed by atoms with van der Waals surface area (Å²) in [5.41, 5.74) is 5.59. The van der Waals surface area contributed by atoms with Crippen molar-refractivity contribution in [3.63, 3.8) is 0 Å². The molecule has 17 heavy (non-hydrogen) atoms. The van der Waals surface area contributed by atoms with E-state index in [9.17, 15) is 4.79 Å². The normalized spacial score (nSPS) is 12.6. The van der Waals surface area contributed by atoms with Gasteiger partial charge in [0.25, 0.3) is 0 Å². The SMILES string of the molecule is C[C@@H](N)C(=O)NC(c1cccs1)c1cccs1. The zero-order valence-corrected chi connectivity index (χ0v) is 11.1. The van der Waals surface area contributed by atoms with Crippen LogP contribution in [0.25, 0.3) is 0 Å². The molecule has 0 fully saturated rings. The monoisotopic (exact) mass is 266 g/mol. The van der Waals surface area contributed by atoms with Gasteiger partial charge in [0.15, 0.2) is 0 Å². The maximum atomic E-state index is 11.7. The number of amides is 1. The standard InChI is InChI=1S/C12H14N2OS2/c1-8(13)12(15)14-11(9-4-2-6-16-9)10-5-3-7-17-10/h2-8,11H,13H2,1H3,(H,14,15)/t8-/m1/s1. The first-order chi connectivity index (χ1) is 8.18. The smallest absolute Gasteiger partial charge is 0.237 e. The van der Waals surface area contributed by atoms with Crippen molar-refractivity contribution >= 4 is 28.6 Å². The van der Waals surface area contributed by atoms with Gasteiger partial charge in [-0.2, -0.15) is 0 Å². The summed E-state index contributed by atoms with van der Waals surface area (Å²) in [6.45, 7) is 1.69. The molecule has 0 aliphatic rings. The van der Waals surface area contributed by atoms with Gasteiger partial charge >= 0.3 is 0 Å². The maximum absolute atomic E-state index is 11.7. The van der Waals surface area contributed by atoms with Crippen LogP contribution in [-0.2, 0) is 4.79 Å². The van der Waals surface area contributed by atoms with E-state index in [0.717, 1.165) is 9.75 Å². The van der Waals surface area contributed by atoms with Crippen molar-refractivity contribution in [2.75, 3.05) is 0 Å². The third-order valence-electron chi connectivity index (χ3n) is 2.36. The molecule has 0 saturated carbocycles. The van der Waals surface area contributed by atoms with E-state index in [0.29, 0.717) is 0 Å². The topological polar surface area (TPSA) is 55.1 Å². The van der Waals surface area contributed by atoms with E-state index in [1.54, 1.807) is 29.6 Å². The van der Waals surface area contributed by atoms with Crippen molar-refractivity contribution in [2.45, 2.75) is 19.0 Å². The number of nitrogens with two attached hydrogens (primary N) is 1. The van der Waals surface area contributed by atoms with Gasteiger partial charge in [-0.25, -0.2) is 0 Å². The molecule has 2 aromatic heterocycles. The van der Waals surface area contributed by atoms with Crippen molar-refractivity contribution in [2.24, 2.45) is 5.73 Å². The average molecular weight is 266 g/mol. The molecule has 2 aromatic rings. The Morgan fingerprint density at radius 1 is 1.24 bits per heavy atom. The Labute approximate surface area is 108 Å². The van der Waals surface area contributed by atoms with Crippen molar-refractivity contribution < 1.29 is 4.79 Å². The van der Waals surface area contributed by atoms with Crippen LogP contribution in [0.15, 0.2) is 35.0 Å². The van der Waals surface area contributed by atoms with Gasteiger partial charge in [-0.15, -0.1) is 22.7 Å². The average Bonchev–Trinajstić information content (AvgIpc) is 2.98. The second kappa shape index (κ2) is 5.44. The number of carbonyl (C=O) groups excluding carboxylic acids is 1. The molecule has 0 saturated heterocycles. The lowest BCUT2D eigenvalue weighted by Gasteiger charge is -2.17. The lowest BCUT2D eigenvalue weighted by atomic mass is 10.2. The molecule has 90 valence electrons. The zero-order valence-electron chi connectivity index (χ0n) is 9.42. The first-order valence-electron chi connectivity index (χ1n) is 5.31. The predicted molar refractivity (Wildman–Crippen MR) is 72.3 cm³/mol. The van der Waals surface area contributed by atoms with Gasteiger partial charge < -0.3 is 11.1 Å². The number of hydrogen-bond acceptors (Lipinski definition) is 4. The van der Waals surface area contributed by atoms with Crippen LogP contribution in [0, 0.1) is 0 Å². The zero-order chi connectivity index (χ0) is 12.3. The molecule has 5 heteroatoms. The maximum Gasteiger partial charge on any atom is 0.237 e. The van der Waals surface area contributed by atoms with E-state index in [2.05, 4.69) is 5.32 Å². The highest BCUT2D eigenvalue weighted by Crippen LogP contribution is 2.29. The van der Waals surface area contributed by atoms with Gasteiger partial charge in [-0.05, 0) is 29.8 Å². The Kier molecular flexibility index (Phi) is 3.93. The van der Waals surface area contributed by atoms with Crippen LogP contribution < -0.4 is 11.1 Å². The number of hydrogen-bond donors (Lipinski definition) is 2. The van der Waals surface area contributed by atoms with Crippen LogP contribution in [0.1, 0.15) is 22.7 Å². The molecule has 0 unspecified atom stereocenters. The third-order valence-corrected chi connectivity index (χ3v) is 4.23. The van der Waals surface area contributed by atoms with Crippen LogP contribution in [0.3, 0.4) is 0 Å². The number of carbonyl (C=O) groups is 1. The number of thiophene rings is 2. The van der Waals surface area contributed by atoms with E-state index in [1.807, 2.05) is 35.0 Å². The van der Waals surface area contributed by atoms with E-state index in [-0.39, 0.29) is 11.9 Å². The van der Waals surface area contributed by atoms with Crippen LogP contribution in [-0.4, -0.2) is 11.9 Å². The Bertz CT molecular complexity index is 428. The summed E-state index contributed by atoms with van der Waals surface area (Å²) in [5.74, 6) is -0.128. The molecule has 3 N–H and O–H groups in total. The van der Waals surface area contributed by atoms with Crippen LogP contribution in [0.2, 0.25) is 0 Å². The summed E-state index contributed by atoms with van der Waals surface area (Å²) in [5, 5.41) is 6.99. The summed E-state index contributed by atoms with van der Waals surface area (Å²) in [6.07, 6.45) is 0. The molecule has 0 aromatic carbocycles. The minimum Gasteiger partial charge on any atom is -0.342 e. The first kappa shape index (κ1) is 12.3. The molecule has 0 bridgehead atoms. The molecule has 1 atom stereocenters. The minimum absolute atomic E-state index is 0.0755. The Morgan fingerprint density at radius 2 is 1.76 bits per heavy atom. The fourth-order valence-electron chi connectivity index (χ4n) is 1.47. The second-order valence-corrected chi connectivity index (χ2v) is 5.72. The molecule has 0 radical (unpaired) electrons. The summed E-state index contributed by atoms with van der Waals surface area (Å²) in [7, 11) is 0. The molecule has 1 amide bonds. The molecule has 2 heterocycles. The molecule has 0 aliphatic carbocycles. The number of rotatable bonds is 4. The van der Waals surface area contributed by atoms with E-state index in [4.69, 9.17) is 5.73 Å². The van der Waals surface area contributed by atoms with Crippen molar-refractivity contribution in [1.29, 1.82) is 0 Å². The molecular formula is C12H14N2OS2. The minimum atomic E-state index is -0.488. The Balaban J connectivity index is 2.23. The lowest BCUT2D eigenvalue weighted by Crippen LogP contribution is -2.40. The summed E-state index contributed by atoms with van der Waals surface area (Å²) in [4.78, 5) is 14.0. The van der Waals surface area contributed by atoms with Gasteiger partial charge in [-0.3, -0.25) is 4.79 Å². The van der Waals surface area contributed by atoms with E-state index >= 15 is 0 Å². The van der Waals surface area contributed by atoms with Crippen molar-refractivity contribution in [3.8, 4) is 0 Å². The van der Waals surface area contributed by atoms with Crippen molar-refractivity contribution in [3.05, 3.63) is 44.8 Å². The fraction of sp³-hybridized carbons (Fsp3) is 0.250. The molecule has 0 spiro atoms. The highest BCUT2D eigenvalue weighted by molar-refractivity contribution is 7.11. The van der Waals surface area contributed by atoms with Gasteiger partial charge in [0.1, 0.15) is 0 Å². The highest BCUT2D eigenvalue weighted by atomic mass is 32.1. The van der Waals surface area contributed by atoms with Gasteiger partial charge in [-0.1, -0.05) is 12.1 Å². The van der Waals surface area contributed by atoms with E-state index < -0.39 is 6.04 Å². The fourth-order valence-corrected chi connectivity index (χ4v) is 3.13. The molecule has 2 rings (SSSR count). The second-order valence-electron chi connectivity index (χ2n) is 3.76. The number of nitrogens with one attached hydrogen (secondary N) is 1. The van der Waals surface area contributed by atoms with Crippen LogP contribution >= 0.6 is 22.7 Å². The van der Waals surface area contributed by atoms with E-state index in [1.165, 1.54) is 0 Å². The summed E-state index contributed by atoms with van der Waals surface area (Å²) < 4.78 is 0. The molecule has 0 aliphatic heterocycles. The van der Waals surface area contributed by atoms with Gasteiger partial charge in [0.05, 0.1) is 12.1 Å². The van der Waals surface area contributed by atoms with Crippen LogP contribution in [0.5, 0.6) is 0 Å². The van der Waals surface area contributed by atoms with Crippen LogP contribution in [0.4, 0.5) is 0 Å². The lowest BCUT2D eigenvalue weighted by molar-refractivity contribution is -0.122. The summed E-state index contributed by atoms with van der Waals surface area (Å²) >= 11 is 3.27. The molecule has 3 nitrogen and oxygen atoms in total. The first-order valence-corrected chi connectivity index (χ1v) is 7.07. The Hall–Kier alpha value is -1.17. The Morgan fingerprint density at radius 3 is 2.12 bits per heavy atom. The molecular weight excluding hydrogens is 252 g/mol. The van der Waals surface area contributed by atoms with Gasteiger partial charge in [0, 0.05) is 9.75 Å². The predicted octanol–water partition coefficient (Wildman–Crippen LogP) is 2.36. The van der Waals surface area contributed by atoms with Crippen molar-refractivity contribution in [1.82, 2.24) is 5.32 Å². The third kappa shape index (κ3) is 2.94. The highest BCUT2D eigenvalue weighted by Gasteiger charge is 2.20. The summed E-state index contributed by atoms with van der Waals surface area (Å²) in [6, 6.07) is 7.45. The largest absolute Gasteiger partial charge is 0.342 e.